The molecule has 0 aliphatic heterocycles. The summed E-state index contributed by atoms with van der Waals surface area (Å²) in [7, 11) is -3.69. The van der Waals surface area contributed by atoms with Crippen LogP contribution in [0.5, 0.6) is 0 Å². The van der Waals surface area contributed by atoms with E-state index < -0.39 is 45.3 Å². The van der Waals surface area contributed by atoms with Gasteiger partial charge in [-0.3, -0.25) is 0 Å². The predicted molar refractivity (Wildman–Crippen MR) is 104 cm³/mol. The van der Waals surface area contributed by atoms with Crippen LogP contribution in [0.25, 0.3) is 0 Å². The summed E-state index contributed by atoms with van der Waals surface area (Å²) in [4.78, 5) is 23.5. The number of alkyl halides is 3. The lowest BCUT2D eigenvalue weighted by Gasteiger charge is -2.35. The Kier molecular flexibility index (Phi) is 7.28. The Morgan fingerprint density at radius 2 is 1.58 bits per heavy atom. The Morgan fingerprint density at radius 1 is 1.00 bits per heavy atom. The third-order valence-corrected chi connectivity index (χ3v) is 5.45. The minimum atomic E-state index is -5.46. The molecule has 0 aliphatic carbocycles. The number of benzene rings is 2. The largest absolute Gasteiger partial charge is 0.465 e. The van der Waals surface area contributed by atoms with Gasteiger partial charge in [-0.05, 0) is 43.3 Å². The van der Waals surface area contributed by atoms with E-state index in [4.69, 9.17) is 0 Å². The number of esters is 2. The first-order valence-electron chi connectivity index (χ1n) is 8.76. The molecule has 0 bridgehead atoms. The molecule has 0 fully saturated rings. The molecule has 0 saturated heterocycles. The summed E-state index contributed by atoms with van der Waals surface area (Å²) < 4.78 is 78.3. The summed E-state index contributed by atoms with van der Waals surface area (Å²) in [5.74, 6) is -2.64. The van der Waals surface area contributed by atoms with E-state index in [1.54, 1.807) is 0 Å². The first-order valence-corrected chi connectivity index (χ1v) is 10.2. The maximum absolute atomic E-state index is 14.2. The molecule has 0 aromatic heterocycles. The van der Waals surface area contributed by atoms with Crippen LogP contribution < -0.4 is 10.0 Å². The fraction of sp³-hybridized carbons (Fsp3) is 0.263. The Labute approximate surface area is 176 Å². The van der Waals surface area contributed by atoms with Gasteiger partial charge in [0.25, 0.3) is 5.66 Å². The molecule has 2 rings (SSSR count). The third-order valence-electron chi connectivity index (χ3n) is 3.99. The molecule has 0 amide bonds. The molecule has 1 atom stereocenters. The van der Waals surface area contributed by atoms with Crippen LogP contribution in [-0.2, 0) is 24.3 Å². The van der Waals surface area contributed by atoms with Gasteiger partial charge in [0.05, 0.1) is 24.2 Å². The van der Waals surface area contributed by atoms with Crippen molar-refractivity contribution in [2.45, 2.75) is 23.7 Å². The maximum atomic E-state index is 14.2. The number of sulfonamides is 1. The van der Waals surface area contributed by atoms with Gasteiger partial charge in [0.1, 0.15) is 0 Å². The number of hydrogen-bond donors (Lipinski definition) is 2. The van der Waals surface area contributed by atoms with E-state index in [0.29, 0.717) is 0 Å². The lowest BCUT2D eigenvalue weighted by atomic mass is 10.1. The van der Waals surface area contributed by atoms with Crippen LogP contribution in [-0.4, -0.2) is 45.9 Å². The number of carbonyl (C=O) groups excluding carboxylic acids is 2. The standard InChI is InChI=1S/C19H19F3N2O6S/c1-3-30-17(26)18(19(20,21)22,24-31(27,28)15-7-5-4-6-8-15)23-14-11-9-13(10-12-14)16(25)29-2/h4-12,23-24H,3H2,1-2H3/t18-/m0/s1. The van der Waals surface area contributed by atoms with Crippen molar-refractivity contribution in [1.29, 1.82) is 0 Å². The Hall–Kier alpha value is -3.12. The van der Waals surface area contributed by atoms with Gasteiger partial charge in [0.2, 0.25) is 10.0 Å². The molecule has 0 spiro atoms. The van der Waals surface area contributed by atoms with Crippen LogP contribution in [0.3, 0.4) is 0 Å². The zero-order valence-corrected chi connectivity index (χ0v) is 17.2. The molecule has 0 heterocycles. The van der Waals surface area contributed by atoms with Gasteiger partial charge < -0.3 is 14.8 Å². The van der Waals surface area contributed by atoms with E-state index in [2.05, 4.69) is 9.47 Å². The lowest BCUT2D eigenvalue weighted by molar-refractivity contribution is -0.202. The van der Waals surface area contributed by atoms with E-state index in [1.165, 1.54) is 29.8 Å². The van der Waals surface area contributed by atoms with Gasteiger partial charge in [-0.25, -0.2) is 18.0 Å². The molecule has 0 unspecified atom stereocenters. The summed E-state index contributed by atoms with van der Waals surface area (Å²) >= 11 is 0. The van der Waals surface area contributed by atoms with Crippen molar-refractivity contribution in [1.82, 2.24) is 4.72 Å². The quantitative estimate of drug-likeness (QED) is 0.460. The normalized spacial score (nSPS) is 13.7. The molecule has 0 radical (unpaired) electrons. The average molecular weight is 460 g/mol. The molecular formula is C19H19F3N2O6S. The molecule has 31 heavy (non-hydrogen) atoms. The van der Waals surface area contributed by atoms with Crippen LogP contribution in [0.1, 0.15) is 17.3 Å². The van der Waals surface area contributed by atoms with E-state index in [-0.39, 0.29) is 11.3 Å². The molecule has 8 nitrogen and oxygen atoms in total. The predicted octanol–water partition coefficient (Wildman–Crippen LogP) is 2.69. The fourth-order valence-corrected chi connectivity index (χ4v) is 3.77. The van der Waals surface area contributed by atoms with Gasteiger partial charge in [-0.1, -0.05) is 18.2 Å². The minimum absolute atomic E-state index is 0.0339. The van der Waals surface area contributed by atoms with Gasteiger partial charge in [0, 0.05) is 5.69 Å². The summed E-state index contributed by atoms with van der Waals surface area (Å²) in [6.45, 7) is 0.836. The van der Waals surface area contributed by atoms with E-state index >= 15 is 0 Å². The Bertz CT molecular complexity index is 1030. The van der Waals surface area contributed by atoms with Crippen LogP contribution in [0, 0.1) is 0 Å². The molecular weight excluding hydrogens is 441 g/mol. The fourth-order valence-electron chi connectivity index (χ4n) is 2.49. The minimum Gasteiger partial charge on any atom is -0.465 e. The van der Waals surface area contributed by atoms with Crippen LogP contribution >= 0.6 is 0 Å². The average Bonchev–Trinajstić information content (AvgIpc) is 2.73. The smallest absolute Gasteiger partial charge is 0.437 e. The molecule has 2 aromatic rings. The van der Waals surface area contributed by atoms with Gasteiger partial charge in [-0.2, -0.15) is 17.9 Å². The summed E-state index contributed by atoms with van der Waals surface area (Å²) in [5, 5.41) is 1.89. The molecule has 12 heteroatoms. The molecule has 2 aromatic carbocycles. The van der Waals surface area contributed by atoms with Crippen LogP contribution in [0.4, 0.5) is 18.9 Å². The van der Waals surface area contributed by atoms with Crippen molar-refractivity contribution in [3.8, 4) is 0 Å². The van der Waals surface area contributed by atoms with E-state index in [1.807, 2.05) is 5.32 Å². The number of halogens is 3. The number of nitrogens with one attached hydrogen (secondary N) is 2. The monoisotopic (exact) mass is 460 g/mol. The first kappa shape index (κ1) is 24.2. The molecule has 0 saturated carbocycles. The number of methoxy groups -OCH3 is 1. The van der Waals surface area contributed by atoms with Crippen LogP contribution in [0.2, 0.25) is 0 Å². The highest BCUT2D eigenvalue weighted by Crippen LogP contribution is 2.34. The highest BCUT2D eigenvalue weighted by Gasteiger charge is 2.64. The summed E-state index contributed by atoms with van der Waals surface area (Å²) in [5.41, 5.74) is -4.12. The second-order valence-electron chi connectivity index (χ2n) is 6.08. The number of anilines is 1. The van der Waals surface area contributed by atoms with Gasteiger partial charge >= 0.3 is 18.1 Å². The summed E-state index contributed by atoms with van der Waals surface area (Å²) in [6.07, 6.45) is -5.46. The Balaban J connectivity index is 2.56. The van der Waals surface area contributed by atoms with Crippen molar-refractivity contribution in [3.05, 3.63) is 60.2 Å². The number of hydrogen-bond acceptors (Lipinski definition) is 7. The van der Waals surface area contributed by atoms with Crippen molar-refractivity contribution in [3.63, 3.8) is 0 Å². The molecule has 2 N–H and O–H groups in total. The first-order chi connectivity index (χ1) is 14.5. The highest BCUT2D eigenvalue weighted by atomic mass is 32.2. The van der Waals surface area contributed by atoms with Crippen molar-refractivity contribution >= 4 is 27.6 Å². The molecule has 168 valence electrons. The second-order valence-corrected chi connectivity index (χ2v) is 7.76. The van der Waals surface area contributed by atoms with E-state index in [0.717, 1.165) is 43.5 Å². The van der Waals surface area contributed by atoms with Crippen molar-refractivity contribution in [2.75, 3.05) is 19.0 Å². The highest BCUT2D eigenvalue weighted by molar-refractivity contribution is 7.89. The van der Waals surface area contributed by atoms with Crippen molar-refractivity contribution in [2.24, 2.45) is 0 Å². The second kappa shape index (κ2) is 9.35. The van der Waals surface area contributed by atoms with Crippen molar-refractivity contribution < 1.29 is 40.7 Å². The number of rotatable bonds is 8. The Morgan fingerprint density at radius 3 is 2.06 bits per heavy atom. The zero-order valence-electron chi connectivity index (χ0n) is 16.4. The van der Waals surface area contributed by atoms with E-state index in [9.17, 15) is 31.2 Å². The zero-order chi connectivity index (χ0) is 23.3. The summed E-state index contributed by atoms with van der Waals surface area (Å²) in [6, 6.07) is 10.6. The number of carbonyl (C=O) groups is 2. The maximum Gasteiger partial charge on any atom is 0.437 e. The third kappa shape index (κ3) is 5.33. The molecule has 0 aliphatic rings. The van der Waals surface area contributed by atoms with Gasteiger partial charge in [0.15, 0.2) is 0 Å². The topological polar surface area (TPSA) is 111 Å². The lowest BCUT2D eigenvalue weighted by Crippen LogP contribution is -2.69. The van der Waals surface area contributed by atoms with Crippen LogP contribution in [0.15, 0.2) is 59.5 Å². The number of ether oxygens (including phenoxy) is 2. The van der Waals surface area contributed by atoms with Gasteiger partial charge in [-0.15, -0.1) is 0 Å². The SMILES string of the molecule is CCOC(=O)[C@](Nc1ccc(C(=O)OC)cc1)(NS(=O)(=O)c1ccccc1)C(F)(F)F.